The van der Waals surface area contributed by atoms with Crippen LogP contribution in [0.2, 0.25) is 0 Å². The lowest BCUT2D eigenvalue weighted by molar-refractivity contribution is 0.0636. The smallest absolute Gasteiger partial charge is 0.412 e. The molecule has 0 atom stereocenters. The Morgan fingerprint density at radius 3 is 2.33 bits per heavy atom. The molecule has 1 amide bonds. The third kappa shape index (κ3) is 6.32. The van der Waals surface area contributed by atoms with Crippen LogP contribution in [0.5, 0.6) is 11.5 Å². The molecule has 0 unspecified atom stereocenters. The van der Waals surface area contributed by atoms with Gasteiger partial charge in [0.15, 0.2) is 11.5 Å². The lowest BCUT2D eigenvalue weighted by Gasteiger charge is -2.20. The van der Waals surface area contributed by atoms with Gasteiger partial charge in [-0.15, -0.1) is 0 Å². The lowest BCUT2D eigenvalue weighted by Crippen LogP contribution is -2.27. The second-order valence-corrected chi connectivity index (χ2v) is 6.22. The van der Waals surface area contributed by atoms with E-state index in [-0.39, 0.29) is 11.5 Å². The summed E-state index contributed by atoms with van der Waals surface area (Å²) in [5.74, 6) is 0.00678. The van der Waals surface area contributed by atoms with Gasteiger partial charge in [-0.3, -0.25) is 5.32 Å². The molecule has 1 aromatic carbocycles. The Hall–Kier alpha value is -2.00. The molecule has 0 saturated heterocycles. The third-order valence-corrected chi connectivity index (χ3v) is 2.43. The SMILES string of the molecule is COc1cc(NC(=O)OC(C)(C)C)ccc1OS(N)(=O)=O. The predicted octanol–water partition coefficient (Wildman–Crippen LogP) is 1.62. The number of hydrogen-bond donors (Lipinski definition) is 2. The fourth-order valence-electron chi connectivity index (χ4n) is 1.36. The quantitative estimate of drug-likeness (QED) is 0.871. The van der Waals surface area contributed by atoms with Crippen LogP contribution in [0.3, 0.4) is 0 Å². The maximum absolute atomic E-state index is 11.6. The number of amides is 1. The van der Waals surface area contributed by atoms with Gasteiger partial charge in [-0.2, -0.15) is 13.6 Å². The zero-order valence-electron chi connectivity index (χ0n) is 12.2. The molecule has 0 bridgehead atoms. The molecule has 8 nitrogen and oxygen atoms in total. The number of anilines is 1. The summed E-state index contributed by atoms with van der Waals surface area (Å²) in [6, 6.07) is 4.10. The van der Waals surface area contributed by atoms with Crippen molar-refractivity contribution in [2.24, 2.45) is 5.14 Å². The van der Waals surface area contributed by atoms with E-state index in [0.717, 1.165) is 0 Å². The fourth-order valence-corrected chi connectivity index (χ4v) is 1.75. The highest BCUT2D eigenvalue weighted by atomic mass is 32.2. The van der Waals surface area contributed by atoms with E-state index in [1.54, 1.807) is 20.8 Å². The van der Waals surface area contributed by atoms with Crippen molar-refractivity contribution in [3.8, 4) is 11.5 Å². The van der Waals surface area contributed by atoms with E-state index in [9.17, 15) is 13.2 Å². The minimum absolute atomic E-state index is 0.0882. The molecule has 0 spiro atoms. The Morgan fingerprint density at radius 2 is 1.86 bits per heavy atom. The molecule has 0 saturated carbocycles. The maximum atomic E-state index is 11.6. The van der Waals surface area contributed by atoms with Crippen LogP contribution in [-0.4, -0.2) is 27.2 Å². The van der Waals surface area contributed by atoms with Gasteiger partial charge in [0, 0.05) is 11.8 Å². The van der Waals surface area contributed by atoms with E-state index >= 15 is 0 Å². The number of benzene rings is 1. The highest BCUT2D eigenvalue weighted by Crippen LogP contribution is 2.31. The van der Waals surface area contributed by atoms with Gasteiger partial charge in [0.2, 0.25) is 0 Å². The number of nitrogens with two attached hydrogens (primary N) is 1. The summed E-state index contributed by atoms with van der Waals surface area (Å²) in [6.45, 7) is 5.20. The van der Waals surface area contributed by atoms with E-state index in [2.05, 4.69) is 9.50 Å². The number of ether oxygens (including phenoxy) is 2. The first-order chi connectivity index (χ1) is 9.50. The standard InChI is InChI=1S/C12H18N2O6S/c1-12(2,3)19-11(15)14-8-5-6-9(10(7-8)18-4)20-21(13,16)17/h5-7H,1-4H3,(H,14,15)(H2,13,16,17). The molecule has 3 N–H and O–H groups in total. The Kier molecular flexibility index (Phi) is 5.02. The first-order valence-corrected chi connectivity index (χ1v) is 7.37. The molecule has 1 rings (SSSR count). The highest BCUT2D eigenvalue weighted by molar-refractivity contribution is 7.84. The van der Waals surface area contributed by atoms with Gasteiger partial charge in [-0.25, -0.2) is 4.79 Å². The Morgan fingerprint density at radius 1 is 1.24 bits per heavy atom. The van der Waals surface area contributed by atoms with Gasteiger partial charge in [0.1, 0.15) is 5.60 Å². The Balaban J connectivity index is 2.90. The molecule has 118 valence electrons. The molecule has 0 aromatic heterocycles. The zero-order chi connectivity index (χ0) is 16.3. The van der Waals surface area contributed by atoms with Gasteiger partial charge in [-0.1, -0.05) is 0 Å². The van der Waals surface area contributed by atoms with Crippen molar-refractivity contribution in [3.05, 3.63) is 18.2 Å². The molecule has 0 aliphatic heterocycles. The third-order valence-electron chi connectivity index (χ3n) is 2.01. The summed E-state index contributed by atoms with van der Waals surface area (Å²) in [5.41, 5.74) is -0.284. The number of methoxy groups -OCH3 is 1. The summed E-state index contributed by atoms with van der Waals surface area (Å²) in [5, 5.41) is 7.27. The van der Waals surface area contributed by atoms with Crippen molar-refractivity contribution >= 4 is 22.1 Å². The van der Waals surface area contributed by atoms with E-state index in [1.165, 1.54) is 25.3 Å². The molecule has 0 aliphatic carbocycles. The molecule has 0 radical (unpaired) electrons. The molecule has 1 aromatic rings. The summed E-state index contributed by atoms with van der Waals surface area (Å²) in [7, 11) is -2.84. The molecule has 9 heteroatoms. The summed E-state index contributed by atoms with van der Waals surface area (Å²) in [4.78, 5) is 11.6. The Bertz CT molecular complexity index is 621. The summed E-state index contributed by atoms with van der Waals surface area (Å²) >= 11 is 0. The molecule has 21 heavy (non-hydrogen) atoms. The number of hydrogen-bond acceptors (Lipinski definition) is 6. The van der Waals surface area contributed by atoms with E-state index in [1.807, 2.05) is 0 Å². The monoisotopic (exact) mass is 318 g/mol. The zero-order valence-corrected chi connectivity index (χ0v) is 13.0. The van der Waals surface area contributed by atoms with E-state index < -0.39 is 22.0 Å². The van der Waals surface area contributed by atoms with Crippen LogP contribution in [0, 0.1) is 0 Å². The van der Waals surface area contributed by atoms with Crippen molar-refractivity contribution in [3.63, 3.8) is 0 Å². The van der Waals surface area contributed by atoms with E-state index in [0.29, 0.717) is 5.69 Å². The van der Waals surface area contributed by atoms with Crippen LogP contribution in [0.4, 0.5) is 10.5 Å². The lowest BCUT2D eigenvalue weighted by atomic mass is 10.2. The number of carbonyl (C=O) groups excluding carboxylic acids is 1. The van der Waals surface area contributed by atoms with E-state index in [4.69, 9.17) is 14.6 Å². The van der Waals surface area contributed by atoms with Crippen molar-refractivity contribution in [2.75, 3.05) is 12.4 Å². The topological polar surface area (TPSA) is 117 Å². The average molecular weight is 318 g/mol. The number of carbonyl (C=O) groups is 1. The van der Waals surface area contributed by atoms with Gasteiger partial charge < -0.3 is 13.7 Å². The van der Waals surface area contributed by atoms with Gasteiger partial charge in [0.25, 0.3) is 0 Å². The van der Waals surface area contributed by atoms with Gasteiger partial charge in [-0.05, 0) is 32.9 Å². The van der Waals surface area contributed by atoms with Crippen molar-refractivity contribution in [2.45, 2.75) is 26.4 Å². The van der Waals surface area contributed by atoms with Crippen LogP contribution in [-0.2, 0) is 15.0 Å². The van der Waals surface area contributed by atoms with Crippen LogP contribution >= 0.6 is 0 Å². The molecular formula is C12H18N2O6S. The summed E-state index contributed by atoms with van der Waals surface area (Å²) < 4.78 is 36.4. The Labute approximate surface area is 123 Å². The average Bonchev–Trinajstić information content (AvgIpc) is 2.26. The van der Waals surface area contributed by atoms with Crippen LogP contribution in [0.15, 0.2) is 18.2 Å². The minimum Gasteiger partial charge on any atom is -0.493 e. The van der Waals surface area contributed by atoms with Crippen molar-refractivity contribution in [1.82, 2.24) is 0 Å². The van der Waals surface area contributed by atoms with Gasteiger partial charge in [0.05, 0.1) is 7.11 Å². The largest absolute Gasteiger partial charge is 0.493 e. The minimum atomic E-state index is -4.16. The van der Waals surface area contributed by atoms with Crippen LogP contribution in [0.25, 0.3) is 0 Å². The van der Waals surface area contributed by atoms with Crippen LogP contribution in [0.1, 0.15) is 20.8 Å². The fraction of sp³-hybridized carbons (Fsp3) is 0.417. The molecule has 0 heterocycles. The highest BCUT2D eigenvalue weighted by Gasteiger charge is 2.17. The number of rotatable bonds is 4. The number of nitrogens with one attached hydrogen (secondary N) is 1. The summed E-state index contributed by atoms with van der Waals surface area (Å²) in [6.07, 6.45) is -0.648. The van der Waals surface area contributed by atoms with Crippen molar-refractivity contribution < 1.29 is 26.9 Å². The maximum Gasteiger partial charge on any atom is 0.412 e. The first kappa shape index (κ1) is 17.1. The second-order valence-electron chi connectivity index (χ2n) is 5.07. The van der Waals surface area contributed by atoms with Crippen LogP contribution < -0.4 is 19.4 Å². The molecule has 0 aliphatic rings. The van der Waals surface area contributed by atoms with Gasteiger partial charge >= 0.3 is 16.4 Å². The first-order valence-electron chi connectivity index (χ1n) is 5.90. The normalized spacial score (nSPS) is 11.7. The van der Waals surface area contributed by atoms with Crippen molar-refractivity contribution in [1.29, 1.82) is 0 Å². The predicted molar refractivity (Wildman–Crippen MR) is 76.6 cm³/mol. The molecule has 0 fully saturated rings. The second kappa shape index (κ2) is 6.19. The molecular weight excluding hydrogens is 300 g/mol.